The first-order valence-corrected chi connectivity index (χ1v) is 5.14. The number of aromatic hydroxyl groups is 1. The molecule has 3 nitrogen and oxygen atoms in total. The molecule has 2 N–H and O–H groups in total. The summed E-state index contributed by atoms with van der Waals surface area (Å²) in [6.45, 7) is 6.31. The molecule has 0 unspecified atom stereocenters. The Kier molecular flexibility index (Phi) is 3.72. The van der Waals surface area contributed by atoms with Crippen LogP contribution in [0, 0.1) is 13.8 Å². The number of phenols is 1. The Balaban J connectivity index is 2.98. The topological polar surface area (TPSA) is 49.3 Å². The molecule has 0 aromatic heterocycles. The van der Waals surface area contributed by atoms with Gasteiger partial charge < -0.3 is 10.4 Å². The van der Waals surface area contributed by atoms with E-state index in [4.69, 9.17) is 0 Å². The Bertz CT molecular complexity index is 372. The highest BCUT2D eigenvalue weighted by atomic mass is 16.3. The minimum atomic E-state index is -0.207. The second-order valence-corrected chi connectivity index (χ2v) is 3.73. The quantitative estimate of drug-likeness (QED) is 0.797. The van der Waals surface area contributed by atoms with E-state index in [1.165, 1.54) is 0 Å². The minimum absolute atomic E-state index is 0.0780. The van der Waals surface area contributed by atoms with E-state index in [9.17, 15) is 9.90 Å². The zero-order valence-corrected chi connectivity index (χ0v) is 9.42. The van der Waals surface area contributed by atoms with Crippen LogP contribution in [0.15, 0.2) is 12.1 Å². The SMILES string of the molecule is CCCNC(=O)c1cc(C)cc(C)c1O. The number of hydrogen-bond donors (Lipinski definition) is 2. The number of amides is 1. The Hall–Kier alpha value is -1.51. The first-order valence-electron chi connectivity index (χ1n) is 5.14. The second-order valence-electron chi connectivity index (χ2n) is 3.73. The van der Waals surface area contributed by atoms with E-state index in [1.54, 1.807) is 13.0 Å². The van der Waals surface area contributed by atoms with E-state index >= 15 is 0 Å². The average molecular weight is 207 g/mol. The van der Waals surface area contributed by atoms with E-state index < -0.39 is 0 Å². The van der Waals surface area contributed by atoms with Gasteiger partial charge in [0.1, 0.15) is 5.75 Å². The molecule has 0 aliphatic rings. The summed E-state index contributed by atoms with van der Waals surface area (Å²) in [7, 11) is 0. The molecule has 0 aliphatic heterocycles. The zero-order chi connectivity index (χ0) is 11.4. The summed E-state index contributed by atoms with van der Waals surface area (Å²) in [5.41, 5.74) is 2.07. The maximum absolute atomic E-state index is 11.7. The van der Waals surface area contributed by atoms with Crippen LogP contribution in [0.5, 0.6) is 5.75 Å². The third-order valence-corrected chi connectivity index (χ3v) is 2.23. The van der Waals surface area contributed by atoms with Crippen LogP contribution in [0.1, 0.15) is 34.8 Å². The Labute approximate surface area is 90.1 Å². The highest BCUT2D eigenvalue weighted by Gasteiger charge is 2.12. The van der Waals surface area contributed by atoms with E-state index in [0.29, 0.717) is 12.1 Å². The van der Waals surface area contributed by atoms with E-state index in [0.717, 1.165) is 17.5 Å². The van der Waals surface area contributed by atoms with Crippen molar-refractivity contribution in [3.8, 4) is 5.75 Å². The standard InChI is InChI=1S/C12H17NO2/c1-4-5-13-12(15)10-7-8(2)6-9(3)11(10)14/h6-7,14H,4-5H2,1-3H3,(H,13,15). The molecular formula is C12H17NO2. The van der Waals surface area contributed by atoms with Gasteiger partial charge in [-0.15, -0.1) is 0 Å². The number of carbonyl (C=O) groups is 1. The molecule has 0 radical (unpaired) electrons. The maximum Gasteiger partial charge on any atom is 0.255 e. The number of carbonyl (C=O) groups excluding carboxylic acids is 1. The van der Waals surface area contributed by atoms with E-state index in [1.807, 2.05) is 19.9 Å². The molecule has 0 saturated carbocycles. The average Bonchev–Trinajstić information content (AvgIpc) is 2.19. The van der Waals surface area contributed by atoms with Crippen LogP contribution in [0.2, 0.25) is 0 Å². The molecule has 0 atom stereocenters. The number of phenolic OH excluding ortho intramolecular Hbond substituents is 1. The molecule has 0 spiro atoms. The highest BCUT2D eigenvalue weighted by molar-refractivity contribution is 5.97. The van der Waals surface area contributed by atoms with Gasteiger partial charge in [0.25, 0.3) is 5.91 Å². The van der Waals surface area contributed by atoms with Gasteiger partial charge in [-0.3, -0.25) is 4.79 Å². The molecule has 0 heterocycles. The van der Waals surface area contributed by atoms with Gasteiger partial charge in [-0.2, -0.15) is 0 Å². The summed E-state index contributed by atoms with van der Waals surface area (Å²) in [5.74, 6) is -0.129. The van der Waals surface area contributed by atoms with Crippen molar-refractivity contribution in [3.63, 3.8) is 0 Å². The molecule has 82 valence electrons. The van der Waals surface area contributed by atoms with Crippen LogP contribution < -0.4 is 5.32 Å². The Morgan fingerprint density at radius 2 is 2.07 bits per heavy atom. The molecule has 1 aromatic carbocycles. The fourth-order valence-corrected chi connectivity index (χ4v) is 1.47. The molecule has 1 amide bonds. The van der Waals surface area contributed by atoms with E-state index in [-0.39, 0.29) is 11.7 Å². The molecule has 0 bridgehead atoms. The number of benzene rings is 1. The third kappa shape index (κ3) is 2.72. The van der Waals surface area contributed by atoms with Crippen LogP contribution in [-0.2, 0) is 0 Å². The lowest BCUT2D eigenvalue weighted by atomic mass is 10.1. The zero-order valence-electron chi connectivity index (χ0n) is 9.42. The molecule has 1 aromatic rings. The fourth-order valence-electron chi connectivity index (χ4n) is 1.47. The molecule has 3 heteroatoms. The first-order chi connectivity index (χ1) is 7.06. The summed E-state index contributed by atoms with van der Waals surface area (Å²) in [6.07, 6.45) is 0.886. The summed E-state index contributed by atoms with van der Waals surface area (Å²) in [6, 6.07) is 3.55. The molecular weight excluding hydrogens is 190 g/mol. The van der Waals surface area contributed by atoms with Crippen molar-refractivity contribution >= 4 is 5.91 Å². The Morgan fingerprint density at radius 3 is 2.67 bits per heavy atom. The number of aryl methyl sites for hydroxylation is 2. The summed E-state index contributed by atoms with van der Waals surface area (Å²) >= 11 is 0. The summed E-state index contributed by atoms with van der Waals surface area (Å²) in [4.78, 5) is 11.7. The predicted octanol–water partition coefficient (Wildman–Crippen LogP) is 2.15. The van der Waals surface area contributed by atoms with Crippen molar-refractivity contribution in [1.29, 1.82) is 0 Å². The molecule has 0 aliphatic carbocycles. The largest absolute Gasteiger partial charge is 0.507 e. The number of nitrogens with one attached hydrogen (secondary N) is 1. The normalized spacial score (nSPS) is 10.1. The van der Waals surface area contributed by atoms with Crippen LogP contribution >= 0.6 is 0 Å². The van der Waals surface area contributed by atoms with Crippen molar-refractivity contribution in [3.05, 3.63) is 28.8 Å². The maximum atomic E-state index is 11.7. The van der Waals surface area contributed by atoms with Crippen molar-refractivity contribution < 1.29 is 9.90 Å². The minimum Gasteiger partial charge on any atom is -0.507 e. The lowest BCUT2D eigenvalue weighted by Gasteiger charge is -2.09. The first kappa shape index (κ1) is 11.6. The predicted molar refractivity (Wildman–Crippen MR) is 60.2 cm³/mol. The van der Waals surface area contributed by atoms with Crippen molar-refractivity contribution in [2.24, 2.45) is 0 Å². The lowest BCUT2D eigenvalue weighted by molar-refractivity contribution is 0.0951. The van der Waals surface area contributed by atoms with Crippen molar-refractivity contribution in [2.45, 2.75) is 27.2 Å². The lowest BCUT2D eigenvalue weighted by Crippen LogP contribution is -2.24. The van der Waals surface area contributed by atoms with E-state index in [2.05, 4.69) is 5.32 Å². The summed E-state index contributed by atoms with van der Waals surface area (Å²) < 4.78 is 0. The number of rotatable bonds is 3. The smallest absolute Gasteiger partial charge is 0.255 e. The third-order valence-electron chi connectivity index (χ3n) is 2.23. The van der Waals surface area contributed by atoms with Gasteiger partial charge in [-0.1, -0.05) is 13.0 Å². The van der Waals surface area contributed by atoms with Gasteiger partial charge in [0.15, 0.2) is 0 Å². The van der Waals surface area contributed by atoms with Gasteiger partial charge in [-0.05, 0) is 37.5 Å². The molecule has 0 saturated heterocycles. The van der Waals surface area contributed by atoms with Gasteiger partial charge in [0.2, 0.25) is 0 Å². The van der Waals surface area contributed by atoms with Gasteiger partial charge in [-0.25, -0.2) is 0 Å². The van der Waals surface area contributed by atoms with Crippen molar-refractivity contribution in [2.75, 3.05) is 6.54 Å². The fraction of sp³-hybridized carbons (Fsp3) is 0.417. The van der Waals surface area contributed by atoms with Crippen LogP contribution in [0.25, 0.3) is 0 Å². The van der Waals surface area contributed by atoms with Crippen LogP contribution in [0.3, 0.4) is 0 Å². The van der Waals surface area contributed by atoms with Crippen molar-refractivity contribution in [1.82, 2.24) is 5.32 Å². The monoisotopic (exact) mass is 207 g/mol. The van der Waals surface area contributed by atoms with Gasteiger partial charge >= 0.3 is 0 Å². The highest BCUT2D eigenvalue weighted by Crippen LogP contribution is 2.23. The van der Waals surface area contributed by atoms with Crippen LogP contribution in [-0.4, -0.2) is 17.6 Å². The van der Waals surface area contributed by atoms with Gasteiger partial charge in [0, 0.05) is 6.54 Å². The second kappa shape index (κ2) is 4.82. The molecule has 1 rings (SSSR count). The van der Waals surface area contributed by atoms with Crippen LogP contribution in [0.4, 0.5) is 0 Å². The number of hydrogen-bond acceptors (Lipinski definition) is 2. The van der Waals surface area contributed by atoms with Gasteiger partial charge in [0.05, 0.1) is 5.56 Å². The molecule has 15 heavy (non-hydrogen) atoms. The summed E-state index contributed by atoms with van der Waals surface area (Å²) in [5, 5.41) is 12.5. The Morgan fingerprint density at radius 1 is 1.40 bits per heavy atom. The molecule has 0 fully saturated rings.